The van der Waals surface area contributed by atoms with Gasteiger partial charge in [0.15, 0.2) is 6.29 Å². The molecule has 29 heavy (non-hydrogen) atoms. The van der Waals surface area contributed by atoms with Crippen LogP contribution in [0.3, 0.4) is 0 Å². The van der Waals surface area contributed by atoms with Crippen LogP contribution in [0.1, 0.15) is 15.9 Å². The lowest BCUT2D eigenvalue weighted by atomic mass is 9.90. The number of phenolic OH excluding ortho intramolecular Hbond substituents is 1. The first-order valence-corrected chi connectivity index (χ1v) is 8.73. The summed E-state index contributed by atoms with van der Waals surface area (Å²) in [6, 6.07) is 16.9. The molecule has 0 atom stereocenters. The smallest absolute Gasteiger partial charge is 0.418 e. The van der Waals surface area contributed by atoms with Crippen molar-refractivity contribution in [2.24, 2.45) is 0 Å². The van der Waals surface area contributed by atoms with Gasteiger partial charge in [0.1, 0.15) is 5.75 Å². The van der Waals surface area contributed by atoms with E-state index < -0.39 is 11.7 Å². The van der Waals surface area contributed by atoms with Gasteiger partial charge in [-0.3, -0.25) is 9.78 Å². The Kier molecular flexibility index (Phi) is 4.54. The molecule has 1 N–H and O–H groups in total. The molecule has 0 spiro atoms. The molecule has 0 unspecified atom stereocenters. The molecule has 1 heterocycles. The number of phenols is 1. The van der Waals surface area contributed by atoms with Gasteiger partial charge in [0.05, 0.1) is 11.1 Å². The maximum atomic E-state index is 13.5. The third-order valence-electron chi connectivity index (χ3n) is 4.74. The first kappa shape index (κ1) is 18.7. The fourth-order valence-electron chi connectivity index (χ4n) is 3.44. The molecule has 0 saturated carbocycles. The van der Waals surface area contributed by atoms with Gasteiger partial charge in [0.25, 0.3) is 0 Å². The number of hydrogen-bond acceptors (Lipinski definition) is 3. The van der Waals surface area contributed by atoms with Crippen LogP contribution in [0.4, 0.5) is 13.2 Å². The molecule has 4 rings (SSSR count). The van der Waals surface area contributed by atoms with E-state index in [1.165, 1.54) is 24.4 Å². The number of carbonyl (C=O) groups is 1. The minimum atomic E-state index is -4.55. The molecule has 0 radical (unpaired) electrons. The molecule has 4 aromatic rings. The Balaban J connectivity index is 2.13. The van der Waals surface area contributed by atoms with Gasteiger partial charge in [-0.1, -0.05) is 48.5 Å². The number of carbonyl (C=O) groups excluding carboxylic acids is 1. The molecule has 144 valence electrons. The van der Waals surface area contributed by atoms with Crippen LogP contribution in [0.15, 0.2) is 72.9 Å². The maximum absolute atomic E-state index is 13.5. The fraction of sp³-hybridized carbons (Fsp3) is 0.0435. The second kappa shape index (κ2) is 7.05. The minimum Gasteiger partial charge on any atom is -0.508 e. The Hall–Kier alpha value is -3.67. The molecule has 0 saturated heterocycles. The number of nitrogens with zero attached hydrogens (tertiary/aromatic N) is 1. The molecule has 0 aliphatic heterocycles. The zero-order valence-electron chi connectivity index (χ0n) is 14.9. The Bertz CT molecular complexity index is 1220. The topological polar surface area (TPSA) is 50.2 Å². The number of halogens is 3. The number of hydrogen-bond donors (Lipinski definition) is 1. The van der Waals surface area contributed by atoms with E-state index in [1.54, 1.807) is 42.5 Å². The second-order valence-corrected chi connectivity index (χ2v) is 6.50. The van der Waals surface area contributed by atoms with E-state index in [2.05, 4.69) is 4.98 Å². The largest absolute Gasteiger partial charge is 0.508 e. The van der Waals surface area contributed by atoms with Crippen LogP contribution in [0, 0.1) is 0 Å². The summed E-state index contributed by atoms with van der Waals surface area (Å²) in [7, 11) is 0. The predicted molar refractivity (Wildman–Crippen MR) is 105 cm³/mol. The molecule has 1 aromatic heterocycles. The summed E-state index contributed by atoms with van der Waals surface area (Å²) in [5, 5.41) is 9.94. The molecule has 0 aliphatic carbocycles. The number of para-hydroxylation sites is 1. The van der Waals surface area contributed by atoms with Gasteiger partial charge in [-0.05, 0) is 29.3 Å². The van der Waals surface area contributed by atoms with E-state index >= 15 is 0 Å². The number of alkyl halides is 3. The monoisotopic (exact) mass is 393 g/mol. The highest BCUT2D eigenvalue weighted by atomic mass is 19.4. The van der Waals surface area contributed by atoms with Crippen molar-refractivity contribution in [3.63, 3.8) is 0 Å². The Morgan fingerprint density at radius 2 is 1.59 bits per heavy atom. The zero-order valence-corrected chi connectivity index (χ0v) is 14.9. The van der Waals surface area contributed by atoms with Gasteiger partial charge in [-0.25, -0.2) is 0 Å². The molecule has 6 heteroatoms. The van der Waals surface area contributed by atoms with Crippen molar-refractivity contribution in [2.75, 3.05) is 0 Å². The highest BCUT2D eigenvalue weighted by molar-refractivity contribution is 6.05. The Labute approximate surface area is 164 Å². The van der Waals surface area contributed by atoms with E-state index in [0.717, 1.165) is 6.07 Å². The highest BCUT2D eigenvalue weighted by Gasteiger charge is 2.33. The summed E-state index contributed by atoms with van der Waals surface area (Å²) in [6.45, 7) is 0. The number of aromatic nitrogens is 1. The SMILES string of the molecule is O=Cc1ccccc1-c1cnc2c(C(F)(F)F)cccc2c1-c1ccc(O)cc1. The highest BCUT2D eigenvalue weighted by Crippen LogP contribution is 2.42. The number of benzene rings is 3. The van der Waals surface area contributed by atoms with Gasteiger partial charge < -0.3 is 5.11 Å². The van der Waals surface area contributed by atoms with Crippen LogP contribution in [0.25, 0.3) is 33.2 Å². The van der Waals surface area contributed by atoms with E-state index in [4.69, 9.17) is 0 Å². The Morgan fingerprint density at radius 3 is 2.28 bits per heavy atom. The quantitative estimate of drug-likeness (QED) is 0.428. The molecule has 3 aromatic carbocycles. The fourth-order valence-corrected chi connectivity index (χ4v) is 3.44. The summed E-state index contributed by atoms with van der Waals surface area (Å²) in [4.78, 5) is 15.7. The minimum absolute atomic E-state index is 0.0398. The van der Waals surface area contributed by atoms with Crippen molar-refractivity contribution in [1.29, 1.82) is 0 Å². The van der Waals surface area contributed by atoms with E-state index in [0.29, 0.717) is 39.5 Å². The zero-order chi connectivity index (χ0) is 20.6. The Morgan fingerprint density at radius 1 is 0.862 bits per heavy atom. The average molecular weight is 393 g/mol. The number of rotatable bonds is 3. The van der Waals surface area contributed by atoms with Crippen LogP contribution >= 0.6 is 0 Å². The average Bonchev–Trinajstić information content (AvgIpc) is 2.72. The normalized spacial score (nSPS) is 11.6. The first-order chi connectivity index (χ1) is 13.9. The molecule has 0 aliphatic rings. The molecular formula is C23H14F3NO2. The van der Waals surface area contributed by atoms with Crippen molar-refractivity contribution < 1.29 is 23.1 Å². The van der Waals surface area contributed by atoms with Gasteiger partial charge in [0.2, 0.25) is 0 Å². The molecule has 0 amide bonds. The van der Waals surface area contributed by atoms with Crippen molar-refractivity contribution in [3.8, 4) is 28.0 Å². The van der Waals surface area contributed by atoms with Crippen molar-refractivity contribution in [3.05, 3.63) is 84.1 Å². The van der Waals surface area contributed by atoms with Gasteiger partial charge in [-0.2, -0.15) is 13.2 Å². The lowest BCUT2D eigenvalue weighted by Gasteiger charge is -2.17. The van der Waals surface area contributed by atoms with Crippen LogP contribution in [-0.2, 0) is 6.18 Å². The van der Waals surface area contributed by atoms with E-state index in [9.17, 15) is 23.1 Å². The summed E-state index contributed by atoms with van der Waals surface area (Å²) in [5.74, 6) is 0.0398. The summed E-state index contributed by atoms with van der Waals surface area (Å²) >= 11 is 0. The second-order valence-electron chi connectivity index (χ2n) is 6.50. The van der Waals surface area contributed by atoms with Crippen molar-refractivity contribution in [1.82, 2.24) is 4.98 Å². The van der Waals surface area contributed by atoms with Crippen LogP contribution in [0.5, 0.6) is 5.75 Å². The molecule has 0 fully saturated rings. The summed E-state index contributed by atoms with van der Waals surface area (Å²) < 4.78 is 40.6. The standard InChI is InChI=1S/C23H14F3NO2/c24-23(25,26)20-7-3-6-18-21(14-8-10-16(29)11-9-14)19(12-27-22(18)20)17-5-2-1-4-15(17)13-28/h1-13,29H. The van der Waals surface area contributed by atoms with Crippen LogP contribution in [0.2, 0.25) is 0 Å². The number of fused-ring (bicyclic) bond motifs is 1. The summed E-state index contributed by atoms with van der Waals surface area (Å²) in [5.41, 5.74) is 1.62. The number of aromatic hydroxyl groups is 1. The predicted octanol–water partition coefficient (Wildman–Crippen LogP) is 6.11. The van der Waals surface area contributed by atoms with Crippen molar-refractivity contribution >= 4 is 17.2 Å². The molecule has 0 bridgehead atoms. The maximum Gasteiger partial charge on any atom is 0.418 e. The molecular weight excluding hydrogens is 379 g/mol. The van der Waals surface area contributed by atoms with Gasteiger partial charge in [-0.15, -0.1) is 0 Å². The molecule has 3 nitrogen and oxygen atoms in total. The van der Waals surface area contributed by atoms with Crippen LogP contribution < -0.4 is 0 Å². The van der Waals surface area contributed by atoms with E-state index in [-0.39, 0.29) is 11.3 Å². The first-order valence-electron chi connectivity index (χ1n) is 8.73. The third kappa shape index (κ3) is 3.33. The lowest BCUT2D eigenvalue weighted by Crippen LogP contribution is -2.07. The van der Waals surface area contributed by atoms with Crippen molar-refractivity contribution in [2.45, 2.75) is 6.18 Å². The van der Waals surface area contributed by atoms with Gasteiger partial charge >= 0.3 is 6.18 Å². The van der Waals surface area contributed by atoms with Crippen LogP contribution in [-0.4, -0.2) is 16.4 Å². The number of aldehydes is 1. The third-order valence-corrected chi connectivity index (χ3v) is 4.74. The number of pyridine rings is 1. The van der Waals surface area contributed by atoms with E-state index in [1.807, 2.05) is 0 Å². The summed E-state index contributed by atoms with van der Waals surface area (Å²) in [6.07, 6.45) is -2.49. The lowest BCUT2D eigenvalue weighted by molar-refractivity contribution is -0.136. The van der Waals surface area contributed by atoms with Gasteiger partial charge in [0, 0.05) is 28.3 Å².